The molecule has 1 heterocycles. The zero-order valence-corrected chi connectivity index (χ0v) is 21.3. The second-order valence-electron chi connectivity index (χ2n) is 8.46. The highest BCUT2D eigenvalue weighted by Gasteiger charge is 2.46. The molecule has 0 spiro atoms. The van der Waals surface area contributed by atoms with E-state index in [4.69, 9.17) is 32.7 Å². The number of aryl methyl sites for hydroxylation is 1. The molecule has 1 atom stereocenters. The third-order valence-corrected chi connectivity index (χ3v) is 6.69. The monoisotopic (exact) mass is 525 g/mol. The number of aliphatic hydroxyl groups is 1. The maximum absolute atomic E-state index is 13.0. The molecule has 1 aliphatic heterocycles. The van der Waals surface area contributed by atoms with Crippen LogP contribution in [0.5, 0.6) is 5.75 Å². The molecule has 1 amide bonds. The quantitative estimate of drug-likeness (QED) is 0.223. The van der Waals surface area contributed by atoms with Crippen LogP contribution in [0.3, 0.4) is 0 Å². The van der Waals surface area contributed by atoms with Gasteiger partial charge in [-0.1, -0.05) is 59.1 Å². The fourth-order valence-electron chi connectivity index (χ4n) is 4.16. The van der Waals surface area contributed by atoms with E-state index in [2.05, 4.69) is 0 Å². The molecule has 1 fully saturated rings. The number of aliphatic hydroxyl groups excluding tert-OH is 1. The minimum atomic E-state index is -0.841. The number of benzene rings is 3. The van der Waals surface area contributed by atoms with Crippen molar-refractivity contribution in [3.05, 3.63) is 105 Å². The fraction of sp³-hybridized carbons (Fsp3) is 0.214. The van der Waals surface area contributed by atoms with Gasteiger partial charge in [0.05, 0.1) is 28.3 Å². The molecule has 0 unspecified atom stereocenters. The maximum Gasteiger partial charge on any atom is 0.295 e. The summed E-state index contributed by atoms with van der Waals surface area (Å²) in [6.45, 7) is 2.80. The Morgan fingerprint density at radius 3 is 2.42 bits per heavy atom. The summed E-state index contributed by atoms with van der Waals surface area (Å²) in [6.07, 6.45) is 0. The third-order valence-electron chi connectivity index (χ3n) is 5.95. The molecular formula is C28H25Cl2NO5. The first-order valence-electron chi connectivity index (χ1n) is 11.3. The van der Waals surface area contributed by atoms with Crippen molar-refractivity contribution in [1.82, 2.24) is 4.90 Å². The first-order valence-corrected chi connectivity index (χ1v) is 12.1. The van der Waals surface area contributed by atoms with Crippen LogP contribution in [-0.2, 0) is 20.9 Å². The Hall–Kier alpha value is -3.32. The van der Waals surface area contributed by atoms with Crippen molar-refractivity contribution >= 4 is 40.7 Å². The van der Waals surface area contributed by atoms with Gasteiger partial charge in [-0.25, -0.2) is 0 Å². The van der Waals surface area contributed by atoms with Gasteiger partial charge in [-0.15, -0.1) is 0 Å². The number of nitrogens with zero attached hydrogens (tertiary/aromatic N) is 1. The second kappa shape index (κ2) is 11.2. The van der Waals surface area contributed by atoms with Crippen LogP contribution in [0.2, 0.25) is 10.0 Å². The van der Waals surface area contributed by atoms with Crippen LogP contribution in [-0.4, -0.2) is 42.0 Å². The molecule has 1 aliphatic rings. The molecule has 36 heavy (non-hydrogen) atoms. The first kappa shape index (κ1) is 25.8. The largest absolute Gasteiger partial charge is 0.507 e. The van der Waals surface area contributed by atoms with Crippen LogP contribution in [0.25, 0.3) is 5.76 Å². The van der Waals surface area contributed by atoms with Gasteiger partial charge in [-0.3, -0.25) is 9.59 Å². The number of likely N-dealkylation sites (tertiary alicyclic amines) is 1. The van der Waals surface area contributed by atoms with Crippen molar-refractivity contribution in [2.24, 2.45) is 0 Å². The minimum absolute atomic E-state index is 0.0251. The smallest absolute Gasteiger partial charge is 0.295 e. The van der Waals surface area contributed by atoms with Gasteiger partial charge < -0.3 is 19.5 Å². The van der Waals surface area contributed by atoms with Crippen molar-refractivity contribution < 1.29 is 24.2 Å². The highest BCUT2D eigenvalue weighted by molar-refractivity contribution is 6.46. The van der Waals surface area contributed by atoms with Crippen LogP contribution in [0.4, 0.5) is 0 Å². The van der Waals surface area contributed by atoms with E-state index in [1.165, 1.54) is 12.0 Å². The van der Waals surface area contributed by atoms with E-state index in [1.807, 2.05) is 31.2 Å². The summed E-state index contributed by atoms with van der Waals surface area (Å²) in [6, 6.07) is 18.8. The number of carbonyl (C=O) groups excluding carboxylic acids is 2. The molecule has 8 heteroatoms. The molecule has 186 valence electrons. The zero-order valence-electron chi connectivity index (χ0n) is 19.8. The molecule has 0 aromatic heterocycles. The van der Waals surface area contributed by atoms with Gasteiger partial charge in [0, 0.05) is 19.2 Å². The lowest BCUT2D eigenvalue weighted by molar-refractivity contribution is -0.140. The van der Waals surface area contributed by atoms with Gasteiger partial charge in [0.2, 0.25) is 0 Å². The number of halogens is 2. The summed E-state index contributed by atoms with van der Waals surface area (Å²) in [7, 11) is 1.51. The summed E-state index contributed by atoms with van der Waals surface area (Å²) in [5, 5.41) is 11.8. The molecule has 3 aromatic carbocycles. The maximum atomic E-state index is 13.0. The van der Waals surface area contributed by atoms with Gasteiger partial charge in [-0.2, -0.15) is 0 Å². The van der Waals surface area contributed by atoms with E-state index in [0.717, 1.165) is 11.1 Å². The number of carbonyl (C=O) groups is 2. The Labute approximate surface area is 219 Å². The lowest BCUT2D eigenvalue weighted by Gasteiger charge is -2.25. The number of hydrogen-bond acceptors (Lipinski definition) is 5. The highest BCUT2D eigenvalue weighted by atomic mass is 35.5. The van der Waals surface area contributed by atoms with Gasteiger partial charge in [0.1, 0.15) is 18.1 Å². The van der Waals surface area contributed by atoms with E-state index >= 15 is 0 Å². The van der Waals surface area contributed by atoms with Gasteiger partial charge in [0.25, 0.3) is 11.7 Å². The van der Waals surface area contributed by atoms with Crippen LogP contribution in [0.1, 0.15) is 28.3 Å². The molecule has 6 nitrogen and oxygen atoms in total. The lowest BCUT2D eigenvalue weighted by Crippen LogP contribution is -2.32. The second-order valence-corrected chi connectivity index (χ2v) is 9.28. The predicted octanol–water partition coefficient (Wildman–Crippen LogP) is 5.95. The van der Waals surface area contributed by atoms with Crippen molar-refractivity contribution in [2.75, 3.05) is 20.3 Å². The summed E-state index contributed by atoms with van der Waals surface area (Å²) in [5.41, 5.74) is 3.10. The summed E-state index contributed by atoms with van der Waals surface area (Å²) in [5.74, 6) is -1.17. The average Bonchev–Trinajstić information content (AvgIpc) is 3.12. The van der Waals surface area contributed by atoms with E-state index in [0.29, 0.717) is 28.5 Å². The van der Waals surface area contributed by atoms with Gasteiger partial charge in [0.15, 0.2) is 0 Å². The number of ether oxygens (including phenoxy) is 2. The number of Topliss-reactive ketones (excluding diaryl/α,β-unsaturated/α-hetero) is 1. The molecule has 0 saturated carbocycles. The number of methoxy groups -OCH3 is 1. The standard InChI is InChI=1S/C28H25Cl2NO5/c1-17-4-3-5-18(14-17)16-36-21-9-6-19(7-10-21)26(32)24-25(20-8-11-22(29)23(30)15-20)31(12-13-35-2)28(34)27(24)33/h3-11,14-15,25,32H,12-13,16H2,1-2H3/t25-/m0/s1. The minimum Gasteiger partial charge on any atom is -0.507 e. The Balaban J connectivity index is 1.66. The summed E-state index contributed by atoms with van der Waals surface area (Å²) in [4.78, 5) is 27.3. The van der Waals surface area contributed by atoms with E-state index < -0.39 is 17.7 Å². The third kappa shape index (κ3) is 5.41. The van der Waals surface area contributed by atoms with Crippen LogP contribution in [0.15, 0.2) is 72.3 Å². The molecule has 4 rings (SSSR count). The van der Waals surface area contributed by atoms with E-state index in [1.54, 1.807) is 42.5 Å². The molecule has 1 saturated heterocycles. The molecule has 0 bridgehead atoms. The van der Waals surface area contributed by atoms with Crippen molar-refractivity contribution in [3.8, 4) is 5.75 Å². The van der Waals surface area contributed by atoms with Crippen LogP contribution < -0.4 is 4.74 Å². The zero-order chi connectivity index (χ0) is 25.8. The summed E-state index contributed by atoms with van der Waals surface area (Å²) >= 11 is 12.3. The number of amides is 1. The van der Waals surface area contributed by atoms with E-state index in [9.17, 15) is 14.7 Å². The average molecular weight is 526 g/mol. The lowest BCUT2D eigenvalue weighted by atomic mass is 9.95. The Morgan fingerprint density at radius 2 is 1.75 bits per heavy atom. The number of rotatable bonds is 8. The molecule has 0 radical (unpaired) electrons. The topological polar surface area (TPSA) is 76.1 Å². The fourth-order valence-corrected chi connectivity index (χ4v) is 4.47. The first-order chi connectivity index (χ1) is 17.3. The van der Waals surface area contributed by atoms with Gasteiger partial charge in [-0.05, 0) is 54.4 Å². The van der Waals surface area contributed by atoms with E-state index in [-0.39, 0.29) is 29.5 Å². The molecule has 1 N–H and O–H groups in total. The van der Waals surface area contributed by atoms with Crippen molar-refractivity contribution in [3.63, 3.8) is 0 Å². The number of ketones is 1. The number of hydrogen-bond donors (Lipinski definition) is 1. The normalized spacial score (nSPS) is 17.0. The molecule has 0 aliphatic carbocycles. The highest BCUT2D eigenvalue weighted by Crippen LogP contribution is 2.41. The SMILES string of the molecule is COCCN1C(=O)C(=O)C(=C(O)c2ccc(OCc3cccc(C)c3)cc2)[C@@H]1c1ccc(Cl)c(Cl)c1. The Kier molecular flexibility index (Phi) is 7.99. The van der Waals surface area contributed by atoms with Crippen LogP contribution >= 0.6 is 23.2 Å². The summed E-state index contributed by atoms with van der Waals surface area (Å²) < 4.78 is 11.0. The van der Waals surface area contributed by atoms with Crippen LogP contribution in [0, 0.1) is 6.92 Å². The van der Waals surface area contributed by atoms with Crippen molar-refractivity contribution in [1.29, 1.82) is 0 Å². The van der Waals surface area contributed by atoms with Crippen molar-refractivity contribution in [2.45, 2.75) is 19.6 Å². The molecule has 3 aromatic rings. The molecular weight excluding hydrogens is 501 g/mol. The predicted molar refractivity (Wildman–Crippen MR) is 139 cm³/mol. The Morgan fingerprint density at radius 1 is 1.00 bits per heavy atom. The van der Waals surface area contributed by atoms with Gasteiger partial charge >= 0.3 is 0 Å². The Bertz CT molecular complexity index is 1320.